The molecule has 0 N–H and O–H groups in total. The van der Waals surface area contributed by atoms with Gasteiger partial charge in [-0.1, -0.05) is 0 Å². The highest BCUT2D eigenvalue weighted by molar-refractivity contribution is 5.38. The van der Waals surface area contributed by atoms with Crippen LogP contribution in [0.4, 0.5) is 19.0 Å². The number of imidazole rings is 1. The molecule has 7 heteroatoms. The van der Waals surface area contributed by atoms with Crippen LogP contribution in [0, 0.1) is 0 Å². The molecule has 0 atom stereocenters. The molecule has 0 aliphatic heterocycles. The molecule has 0 aromatic carbocycles. The van der Waals surface area contributed by atoms with Gasteiger partial charge in [0, 0.05) is 38.7 Å². The Labute approximate surface area is 114 Å². The Morgan fingerprint density at radius 1 is 1.30 bits per heavy atom. The van der Waals surface area contributed by atoms with Crippen LogP contribution in [0.1, 0.15) is 12.0 Å². The van der Waals surface area contributed by atoms with Crippen molar-refractivity contribution >= 4 is 5.82 Å². The number of pyridine rings is 1. The lowest BCUT2D eigenvalue weighted by molar-refractivity contribution is -0.137. The van der Waals surface area contributed by atoms with Gasteiger partial charge in [0.15, 0.2) is 0 Å². The molecule has 0 bridgehead atoms. The van der Waals surface area contributed by atoms with Crippen molar-refractivity contribution in [3.63, 3.8) is 0 Å². The van der Waals surface area contributed by atoms with E-state index in [2.05, 4.69) is 9.97 Å². The topological polar surface area (TPSA) is 34.0 Å². The standard InChI is InChI=1S/C13H15F3N4/c1-19(6-2-7-20-8-5-17-10-20)12-4-3-11(9-18-12)13(14,15)16/h3-5,8-10H,2,6-7H2,1H3. The fourth-order valence-electron chi connectivity index (χ4n) is 1.80. The summed E-state index contributed by atoms with van der Waals surface area (Å²) in [5.74, 6) is 0.531. The van der Waals surface area contributed by atoms with Gasteiger partial charge in [0.1, 0.15) is 5.82 Å². The van der Waals surface area contributed by atoms with Crippen molar-refractivity contribution in [2.24, 2.45) is 0 Å². The summed E-state index contributed by atoms with van der Waals surface area (Å²) in [6.07, 6.45) is 2.69. The van der Waals surface area contributed by atoms with Gasteiger partial charge in [-0.3, -0.25) is 0 Å². The van der Waals surface area contributed by atoms with Crippen molar-refractivity contribution in [3.8, 4) is 0 Å². The first-order valence-electron chi connectivity index (χ1n) is 6.17. The van der Waals surface area contributed by atoms with Crippen LogP contribution >= 0.6 is 0 Å². The molecule has 2 rings (SSSR count). The summed E-state index contributed by atoms with van der Waals surface area (Å²) in [6.45, 7) is 1.52. The van der Waals surface area contributed by atoms with Gasteiger partial charge in [-0.15, -0.1) is 0 Å². The second-order valence-corrected chi connectivity index (χ2v) is 4.48. The van der Waals surface area contributed by atoms with Gasteiger partial charge in [0.2, 0.25) is 0 Å². The Kier molecular flexibility index (Phi) is 4.26. The predicted octanol–water partition coefficient (Wildman–Crippen LogP) is 2.82. The average molecular weight is 284 g/mol. The van der Waals surface area contributed by atoms with E-state index >= 15 is 0 Å². The summed E-state index contributed by atoms with van der Waals surface area (Å²) >= 11 is 0. The third-order valence-electron chi connectivity index (χ3n) is 2.94. The molecule has 0 spiro atoms. The molecule has 2 heterocycles. The lowest BCUT2D eigenvalue weighted by Gasteiger charge is -2.18. The lowest BCUT2D eigenvalue weighted by atomic mass is 10.2. The minimum atomic E-state index is -4.34. The highest BCUT2D eigenvalue weighted by Crippen LogP contribution is 2.29. The van der Waals surface area contributed by atoms with Crippen molar-refractivity contribution in [1.29, 1.82) is 0 Å². The number of hydrogen-bond donors (Lipinski definition) is 0. The molecule has 0 saturated heterocycles. The van der Waals surface area contributed by atoms with Crippen molar-refractivity contribution in [2.45, 2.75) is 19.1 Å². The highest BCUT2D eigenvalue weighted by atomic mass is 19.4. The number of nitrogens with zero attached hydrogens (tertiary/aromatic N) is 4. The monoisotopic (exact) mass is 284 g/mol. The quantitative estimate of drug-likeness (QED) is 0.846. The molecule has 0 aliphatic rings. The minimum absolute atomic E-state index is 0.531. The highest BCUT2D eigenvalue weighted by Gasteiger charge is 2.30. The number of alkyl halides is 3. The van der Waals surface area contributed by atoms with Crippen LogP contribution < -0.4 is 4.90 Å². The Bertz CT molecular complexity index is 520. The number of rotatable bonds is 5. The van der Waals surface area contributed by atoms with E-state index in [1.54, 1.807) is 12.5 Å². The van der Waals surface area contributed by atoms with Gasteiger partial charge in [-0.2, -0.15) is 13.2 Å². The molecule has 2 aromatic rings. The van der Waals surface area contributed by atoms with Crippen LogP contribution in [0.3, 0.4) is 0 Å². The van der Waals surface area contributed by atoms with Crippen molar-refractivity contribution in [1.82, 2.24) is 14.5 Å². The summed E-state index contributed by atoms with van der Waals surface area (Å²) in [5, 5.41) is 0. The Morgan fingerprint density at radius 3 is 2.65 bits per heavy atom. The van der Waals surface area contributed by atoms with E-state index in [9.17, 15) is 13.2 Å². The van der Waals surface area contributed by atoms with Gasteiger partial charge in [-0.05, 0) is 18.6 Å². The zero-order chi connectivity index (χ0) is 14.6. The summed E-state index contributed by atoms with van der Waals surface area (Å²) in [4.78, 5) is 9.62. The number of hydrogen-bond acceptors (Lipinski definition) is 3. The molecule has 0 saturated carbocycles. The van der Waals surface area contributed by atoms with Crippen LogP contribution in [0.25, 0.3) is 0 Å². The molecule has 108 valence electrons. The van der Waals surface area contributed by atoms with Crippen LogP contribution in [0.2, 0.25) is 0 Å². The fourth-order valence-corrected chi connectivity index (χ4v) is 1.80. The average Bonchev–Trinajstić information content (AvgIpc) is 2.91. The molecule has 0 unspecified atom stereocenters. The lowest BCUT2D eigenvalue weighted by Crippen LogP contribution is -2.21. The fraction of sp³-hybridized carbons (Fsp3) is 0.385. The van der Waals surface area contributed by atoms with E-state index in [-0.39, 0.29) is 0 Å². The second-order valence-electron chi connectivity index (χ2n) is 4.48. The number of aromatic nitrogens is 3. The van der Waals surface area contributed by atoms with E-state index in [0.29, 0.717) is 12.4 Å². The van der Waals surface area contributed by atoms with E-state index < -0.39 is 11.7 Å². The largest absolute Gasteiger partial charge is 0.417 e. The maximum absolute atomic E-state index is 12.4. The normalized spacial score (nSPS) is 11.6. The molecule has 0 aliphatic carbocycles. The minimum Gasteiger partial charge on any atom is -0.360 e. The zero-order valence-corrected chi connectivity index (χ0v) is 11.0. The van der Waals surface area contributed by atoms with Crippen molar-refractivity contribution in [2.75, 3.05) is 18.5 Å². The summed E-state index contributed by atoms with van der Waals surface area (Å²) in [6, 6.07) is 2.44. The number of aryl methyl sites for hydroxylation is 1. The third kappa shape index (κ3) is 3.72. The summed E-state index contributed by atoms with van der Waals surface area (Å²) < 4.78 is 39.2. The van der Waals surface area contributed by atoms with Gasteiger partial charge in [0.05, 0.1) is 11.9 Å². The van der Waals surface area contributed by atoms with E-state index in [1.165, 1.54) is 6.07 Å². The number of anilines is 1. The molecular formula is C13H15F3N4. The Hall–Kier alpha value is -2.05. The van der Waals surface area contributed by atoms with Gasteiger partial charge in [-0.25, -0.2) is 9.97 Å². The maximum Gasteiger partial charge on any atom is 0.417 e. The van der Waals surface area contributed by atoms with E-state index in [4.69, 9.17) is 0 Å². The first-order chi connectivity index (χ1) is 9.47. The number of halogens is 3. The predicted molar refractivity (Wildman–Crippen MR) is 69.4 cm³/mol. The molecule has 20 heavy (non-hydrogen) atoms. The van der Waals surface area contributed by atoms with Crippen LogP contribution in [-0.2, 0) is 12.7 Å². The first-order valence-corrected chi connectivity index (χ1v) is 6.17. The second kappa shape index (κ2) is 5.94. The summed E-state index contributed by atoms with van der Waals surface area (Å²) in [5.41, 5.74) is -0.729. The molecule has 0 fully saturated rings. The van der Waals surface area contributed by atoms with Gasteiger partial charge < -0.3 is 9.47 Å². The van der Waals surface area contributed by atoms with Crippen molar-refractivity contribution in [3.05, 3.63) is 42.6 Å². The Morgan fingerprint density at radius 2 is 2.10 bits per heavy atom. The van der Waals surface area contributed by atoms with E-state index in [1.807, 2.05) is 22.7 Å². The van der Waals surface area contributed by atoms with Crippen LogP contribution in [0.15, 0.2) is 37.1 Å². The van der Waals surface area contributed by atoms with Gasteiger partial charge >= 0.3 is 6.18 Å². The molecule has 0 radical (unpaired) electrons. The first kappa shape index (κ1) is 14.4. The van der Waals surface area contributed by atoms with Crippen LogP contribution in [0.5, 0.6) is 0 Å². The zero-order valence-electron chi connectivity index (χ0n) is 11.0. The van der Waals surface area contributed by atoms with Crippen LogP contribution in [-0.4, -0.2) is 28.1 Å². The molecule has 2 aromatic heterocycles. The SMILES string of the molecule is CN(CCCn1ccnc1)c1ccc(C(F)(F)F)cn1. The van der Waals surface area contributed by atoms with E-state index in [0.717, 1.165) is 25.2 Å². The molecular weight excluding hydrogens is 269 g/mol. The summed E-state index contributed by atoms with van der Waals surface area (Å²) in [7, 11) is 1.81. The molecule has 0 amide bonds. The van der Waals surface area contributed by atoms with Crippen molar-refractivity contribution < 1.29 is 13.2 Å². The van der Waals surface area contributed by atoms with Gasteiger partial charge in [0.25, 0.3) is 0 Å². The smallest absolute Gasteiger partial charge is 0.360 e. The Balaban J connectivity index is 1.87. The maximum atomic E-state index is 12.4. The third-order valence-corrected chi connectivity index (χ3v) is 2.94. The molecule has 4 nitrogen and oxygen atoms in total.